The van der Waals surface area contributed by atoms with Gasteiger partial charge < -0.3 is 14.1 Å². The van der Waals surface area contributed by atoms with Crippen LogP contribution in [0.4, 0.5) is 0 Å². The highest BCUT2D eigenvalue weighted by Gasteiger charge is 2.12. The lowest BCUT2D eigenvalue weighted by Gasteiger charge is -2.15. The molecule has 0 saturated carbocycles. The predicted molar refractivity (Wildman–Crippen MR) is 94.8 cm³/mol. The van der Waals surface area contributed by atoms with Gasteiger partial charge in [0.05, 0.1) is 23.0 Å². The molecule has 25 heavy (non-hydrogen) atoms. The minimum absolute atomic E-state index is 0.307. The van der Waals surface area contributed by atoms with Gasteiger partial charge in [-0.1, -0.05) is 12.1 Å². The molecule has 1 aromatic carbocycles. The normalized spacial score (nSPS) is 11.1. The Labute approximate surface area is 148 Å². The van der Waals surface area contributed by atoms with E-state index >= 15 is 0 Å². The first-order chi connectivity index (χ1) is 12.1. The Morgan fingerprint density at radius 3 is 2.88 bits per heavy atom. The van der Waals surface area contributed by atoms with Crippen molar-refractivity contribution in [2.45, 2.75) is 6.54 Å². The first-order valence-corrected chi connectivity index (χ1v) is 8.40. The van der Waals surface area contributed by atoms with E-state index in [1.807, 2.05) is 24.3 Å². The molecule has 0 fully saturated rings. The quantitative estimate of drug-likeness (QED) is 0.501. The van der Waals surface area contributed by atoms with Crippen molar-refractivity contribution in [1.82, 2.24) is 9.88 Å². The van der Waals surface area contributed by atoms with Crippen LogP contribution in [0.3, 0.4) is 0 Å². The van der Waals surface area contributed by atoms with Gasteiger partial charge in [-0.2, -0.15) is 0 Å². The first-order valence-electron chi connectivity index (χ1n) is 7.58. The molecule has 0 saturated heterocycles. The molecule has 0 radical (unpaired) electrons. The zero-order valence-corrected chi connectivity index (χ0v) is 14.4. The fourth-order valence-corrected chi connectivity index (χ4v) is 2.99. The molecule has 0 atom stereocenters. The molecule has 6 nitrogen and oxygen atoms in total. The summed E-state index contributed by atoms with van der Waals surface area (Å²) in [6.07, 6.45) is 4.40. The molecule has 2 heterocycles. The van der Waals surface area contributed by atoms with Crippen molar-refractivity contribution in [3.63, 3.8) is 0 Å². The highest BCUT2D eigenvalue weighted by molar-refractivity contribution is 7.19. The zero-order chi connectivity index (χ0) is 17.6. The lowest BCUT2D eigenvalue weighted by Crippen LogP contribution is -2.30. The lowest BCUT2D eigenvalue weighted by molar-refractivity contribution is -0.147. The van der Waals surface area contributed by atoms with E-state index in [4.69, 9.17) is 9.15 Å². The van der Waals surface area contributed by atoms with Crippen molar-refractivity contribution < 1.29 is 18.7 Å². The SMILES string of the molecule is CN(Cc1ccco1)C(=O)COC(=O)/C=C/c1nc2ccccc2s1. The van der Waals surface area contributed by atoms with Crippen LogP contribution in [0.25, 0.3) is 16.3 Å². The van der Waals surface area contributed by atoms with Gasteiger partial charge in [-0.05, 0) is 30.3 Å². The zero-order valence-electron chi connectivity index (χ0n) is 13.5. The summed E-state index contributed by atoms with van der Waals surface area (Å²) in [6, 6.07) is 11.3. The third-order valence-electron chi connectivity index (χ3n) is 3.41. The van der Waals surface area contributed by atoms with E-state index in [0.29, 0.717) is 17.3 Å². The molecule has 128 valence electrons. The van der Waals surface area contributed by atoms with Crippen LogP contribution in [0, 0.1) is 0 Å². The van der Waals surface area contributed by atoms with Crippen molar-refractivity contribution >= 4 is 39.5 Å². The van der Waals surface area contributed by atoms with Crippen LogP contribution in [0.2, 0.25) is 0 Å². The molecule has 0 unspecified atom stereocenters. The van der Waals surface area contributed by atoms with E-state index in [1.54, 1.807) is 31.5 Å². The van der Waals surface area contributed by atoms with Gasteiger partial charge in [0.1, 0.15) is 10.8 Å². The number of amides is 1. The number of esters is 1. The molecule has 1 amide bonds. The Bertz CT molecular complexity index is 866. The van der Waals surface area contributed by atoms with E-state index < -0.39 is 5.97 Å². The van der Waals surface area contributed by atoms with Gasteiger partial charge in [0.2, 0.25) is 0 Å². The second-order valence-corrected chi connectivity index (χ2v) is 6.35. The molecule has 7 heteroatoms. The maximum atomic E-state index is 11.9. The van der Waals surface area contributed by atoms with E-state index in [1.165, 1.54) is 22.3 Å². The number of furan rings is 1. The van der Waals surface area contributed by atoms with Crippen molar-refractivity contribution in [2.24, 2.45) is 0 Å². The Hall–Kier alpha value is -2.93. The fourth-order valence-electron chi connectivity index (χ4n) is 2.12. The van der Waals surface area contributed by atoms with E-state index in [0.717, 1.165) is 10.2 Å². The Kier molecular flexibility index (Phi) is 5.25. The van der Waals surface area contributed by atoms with E-state index in [-0.39, 0.29) is 12.5 Å². The summed E-state index contributed by atoms with van der Waals surface area (Å²) in [4.78, 5) is 29.5. The summed E-state index contributed by atoms with van der Waals surface area (Å²) in [6.45, 7) is 0.00511. The number of aromatic nitrogens is 1. The Morgan fingerprint density at radius 2 is 2.12 bits per heavy atom. The molecule has 3 aromatic rings. The monoisotopic (exact) mass is 356 g/mol. The lowest BCUT2D eigenvalue weighted by atomic mass is 10.3. The second-order valence-electron chi connectivity index (χ2n) is 5.29. The van der Waals surface area contributed by atoms with Crippen LogP contribution in [-0.4, -0.2) is 35.4 Å². The van der Waals surface area contributed by atoms with E-state index in [9.17, 15) is 9.59 Å². The third kappa shape index (κ3) is 4.54. The van der Waals surface area contributed by atoms with Gasteiger partial charge in [-0.15, -0.1) is 11.3 Å². The summed E-state index contributed by atoms with van der Waals surface area (Å²) in [5, 5.41) is 0.708. The smallest absolute Gasteiger partial charge is 0.331 e. The highest BCUT2D eigenvalue weighted by Crippen LogP contribution is 2.22. The number of benzene rings is 1. The predicted octanol–water partition coefficient (Wildman–Crippen LogP) is 3.10. The molecule has 0 bridgehead atoms. The summed E-state index contributed by atoms with van der Waals surface area (Å²) < 4.78 is 11.2. The van der Waals surface area contributed by atoms with Crippen LogP contribution in [0.15, 0.2) is 53.2 Å². The molecule has 0 aliphatic carbocycles. The molecule has 3 rings (SSSR count). The van der Waals surface area contributed by atoms with Gasteiger partial charge in [0.15, 0.2) is 6.61 Å². The topological polar surface area (TPSA) is 72.6 Å². The number of carbonyl (C=O) groups excluding carboxylic acids is 2. The number of para-hydroxylation sites is 1. The largest absolute Gasteiger partial charge is 0.467 e. The maximum Gasteiger partial charge on any atom is 0.331 e. The maximum absolute atomic E-state index is 11.9. The van der Waals surface area contributed by atoms with E-state index in [2.05, 4.69) is 4.98 Å². The van der Waals surface area contributed by atoms with Crippen LogP contribution >= 0.6 is 11.3 Å². The molecule has 2 aromatic heterocycles. The summed E-state index contributed by atoms with van der Waals surface area (Å²) in [7, 11) is 1.62. The molecule has 0 aliphatic heterocycles. The van der Waals surface area contributed by atoms with Crippen molar-refractivity contribution in [2.75, 3.05) is 13.7 Å². The number of nitrogens with zero attached hydrogens (tertiary/aromatic N) is 2. The number of thiazole rings is 1. The van der Waals surface area contributed by atoms with Crippen molar-refractivity contribution in [1.29, 1.82) is 0 Å². The van der Waals surface area contributed by atoms with Crippen LogP contribution in [0.1, 0.15) is 10.8 Å². The number of likely N-dealkylation sites (N-methyl/N-ethyl adjacent to an activating group) is 1. The Morgan fingerprint density at radius 1 is 1.28 bits per heavy atom. The van der Waals surface area contributed by atoms with Gasteiger partial charge >= 0.3 is 5.97 Å². The van der Waals surface area contributed by atoms with Gasteiger partial charge in [-0.3, -0.25) is 4.79 Å². The summed E-state index contributed by atoms with van der Waals surface area (Å²) in [5.74, 6) is -0.227. The molecular formula is C18H16N2O4S. The summed E-state index contributed by atoms with van der Waals surface area (Å²) in [5.41, 5.74) is 0.884. The standard InChI is InChI=1S/C18H16N2O4S/c1-20(11-13-5-4-10-23-13)17(21)12-24-18(22)9-8-16-19-14-6-2-3-7-15(14)25-16/h2-10H,11-12H2,1H3/b9-8+. The molecular weight excluding hydrogens is 340 g/mol. The second kappa shape index (κ2) is 7.76. The average molecular weight is 356 g/mol. The number of hydrogen-bond donors (Lipinski definition) is 0. The molecule has 0 N–H and O–H groups in total. The van der Waals surface area contributed by atoms with Gasteiger partial charge in [0.25, 0.3) is 5.91 Å². The molecule has 0 spiro atoms. The minimum atomic E-state index is -0.584. The first kappa shape index (κ1) is 16.9. The van der Waals surface area contributed by atoms with Crippen LogP contribution in [-0.2, 0) is 20.9 Å². The van der Waals surface area contributed by atoms with Gasteiger partial charge in [0, 0.05) is 13.1 Å². The van der Waals surface area contributed by atoms with Crippen LogP contribution < -0.4 is 0 Å². The Balaban J connectivity index is 1.49. The van der Waals surface area contributed by atoms with Crippen molar-refractivity contribution in [3.05, 3.63) is 59.5 Å². The number of hydrogen-bond acceptors (Lipinski definition) is 6. The third-order valence-corrected chi connectivity index (χ3v) is 4.41. The minimum Gasteiger partial charge on any atom is -0.467 e. The number of fused-ring (bicyclic) bond motifs is 1. The highest BCUT2D eigenvalue weighted by atomic mass is 32.1. The van der Waals surface area contributed by atoms with Gasteiger partial charge in [-0.25, -0.2) is 9.78 Å². The molecule has 0 aliphatic rings. The summed E-state index contributed by atoms with van der Waals surface area (Å²) >= 11 is 1.48. The fraction of sp³-hybridized carbons (Fsp3) is 0.167. The average Bonchev–Trinajstić information content (AvgIpc) is 3.26. The number of ether oxygens (including phenoxy) is 1. The van der Waals surface area contributed by atoms with Crippen LogP contribution in [0.5, 0.6) is 0 Å². The van der Waals surface area contributed by atoms with Crippen molar-refractivity contribution in [3.8, 4) is 0 Å². The number of carbonyl (C=O) groups is 2. The number of rotatable bonds is 6.